The number of hydrogen-bond donors (Lipinski definition) is 1. The largest absolute Gasteiger partial charge is 0.300 e. The second kappa shape index (κ2) is 3.31. The van der Waals surface area contributed by atoms with Gasteiger partial charge < -0.3 is 5.41 Å². The molecule has 1 rings (SSSR count). The molecule has 0 saturated carbocycles. The molecule has 1 N–H and O–H groups in total. The Bertz CT molecular complexity index is 350. The smallest absolute Gasteiger partial charge is 0.201 e. The van der Waals surface area contributed by atoms with E-state index in [2.05, 4.69) is 13.2 Å². The normalized spacial score (nSPS) is 22.6. The number of ketones is 2. The van der Waals surface area contributed by atoms with Crippen LogP contribution in [0.25, 0.3) is 0 Å². The Morgan fingerprint density at radius 3 is 2.46 bits per heavy atom. The first-order valence-electron chi connectivity index (χ1n) is 3.75. The van der Waals surface area contributed by atoms with Gasteiger partial charge in [-0.1, -0.05) is 18.7 Å². The van der Waals surface area contributed by atoms with Crippen LogP contribution >= 0.6 is 0 Å². The first kappa shape index (κ1) is 9.32. The van der Waals surface area contributed by atoms with Gasteiger partial charge in [-0.15, -0.1) is 6.58 Å². The zero-order valence-electron chi connectivity index (χ0n) is 7.04. The van der Waals surface area contributed by atoms with Crippen LogP contribution in [0.5, 0.6) is 0 Å². The highest BCUT2D eigenvalue weighted by molar-refractivity contribution is 6.50. The summed E-state index contributed by atoms with van der Waals surface area (Å²) in [4.78, 5) is 22.6. The molecule has 0 aliphatic heterocycles. The minimum Gasteiger partial charge on any atom is -0.300 e. The highest BCUT2D eigenvalue weighted by Gasteiger charge is 2.30. The van der Waals surface area contributed by atoms with Crippen LogP contribution in [0.1, 0.15) is 0 Å². The number of Topliss-reactive ketones (excluding diaryl/α,β-unsaturated/α-hetero) is 1. The zero-order chi connectivity index (χ0) is 10.0. The Morgan fingerprint density at radius 1 is 1.38 bits per heavy atom. The zero-order valence-corrected chi connectivity index (χ0v) is 7.04. The van der Waals surface area contributed by atoms with Gasteiger partial charge in [-0.25, -0.2) is 0 Å². The van der Waals surface area contributed by atoms with E-state index in [1.54, 1.807) is 0 Å². The lowest BCUT2D eigenvalue weighted by Gasteiger charge is -2.16. The summed E-state index contributed by atoms with van der Waals surface area (Å²) >= 11 is 0. The van der Waals surface area contributed by atoms with Crippen molar-refractivity contribution in [3.63, 3.8) is 0 Å². The second-order valence-corrected chi connectivity index (χ2v) is 2.66. The summed E-state index contributed by atoms with van der Waals surface area (Å²) in [5.41, 5.74) is 0.0384. The van der Waals surface area contributed by atoms with Gasteiger partial charge >= 0.3 is 0 Å². The molecule has 0 saturated heterocycles. The molecular formula is C10H9NO2. The van der Waals surface area contributed by atoms with Gasteiger partial charge in [-0.3, -0.25) is 9.59 Å². The van der Waals surface area contributed by atoms with Crippen LogP contribution in [0.2, 0.25) is 0 Å². The van der Waals surface area contributed by atoms with E-state index in [0.717, 1.165) is 6.08 Å². The fourth-order valence-corrected chi connectivity index (χ4v) is 1.14. The third-order valence-corrected chi connectivity index (χ3v) is 1.89. The van der Waals surface area contributed by atoms with Crippen molar-refractivity contribution in [3.05, 3.63) is 37.0 Å². The number of carbonyl (C=O) groups is 2. The first-order chi connectivity index (χ1) is 6.11. The van der Waals surface area contributed by atoms with Crippen LogP contribution in [-0.2, 0) is 9.59 Å². The molecule has 0 aromatic heterocycles. The minimum absolute atomic E-state index is 0.217. The topological polar surface area (TPSA) is 58.0 Å². The van der Waals surface area contributed by atoms with E-state index >= 15 is 0 Å². The van der Waals surface area contributed by atoms with Crippen molar-refractivity contribution >= 4 is 17.3 Å². The molecule has 0 radical (unpaired) electrons. The van der Waals surface area contributed by atoms with Crippen LogP contribution in [-0.4, -0.2) is 17.3 Å². The van der Waals surface area contributed by atoms with E-state index in [4.69, 9.17) is 5.41 Å². The molecule has 1 unspecified atom stereocenters. The van der Waals surface area contributed by atoms with Crippen LogP contribution in [0.15, 0.2) is 37.0 Å². The number of rotatable bonds is 2. The molecule has 0 amide bonds. The molecule has 0 aromatic rings. The Labute approximate surface area is 76.0 Å². The summed E-state index contributed by atoms with van der Waals surface area (Å²) in [6.45, 7) is 6.83. The molecule has 0 aromatic carbocycles. The predicted molar refractivity (Wildman–Crippen MR) is 49.7 cm³/mol. The number of allylic oxidation sites excluding steroid dienone is 4. The molecule has 0 heterocycles. The summed E-state index contributed by atoms with van der Waals surface area (Å²) in [7, 11) is 0. The summed E-state index contributed by atoms with van der Waals surface area (Å²) in [6.07, 6.45) is 3.76. The van der Waals surface area contributed by atoms with Crippen molar-refractivity contribution < 1.29 is 9.59 Å². The van der Waals surface area contributed by atoms with Gasteiger partial charge in [0.2, 0.25) is 5.78 Å². The van der Waals surface area contributed by atoms with Gasteiger partial charge in [0.05, 0.1) is 11.6 Å². The highest BCUT2D eigenvalue weighted by atomic mass is 16.1. The van der Waals surface area contributed by atoms with E-state index < -0.39 is 11.7 Å². The summed E-state index contributed by atoms with van der Waals surface area (Å²) < 4.78 is 0. The molecule has 1 aliphatic carbocycles. The SMILES string of the molecule is C=CC1=CC(=O)C(=N)C(C=C)C1=O. The van der Waals surface area contributed by atoms with E-state index in [1.807, 2.05) is 0 Å². The number of carbonyl (C=O) groups excluding carboxylic acids is 2. The maximum absolute atomic E-state index is 11.4. The van der Waals surface area contributed by atoms with Crippen molar-refractivity contribution in [2.45, 2.75) is 0 Å². The Balaban J connectivity index is 3.21. The van der Waals surface area contributed by atoms with Crippen LogP contribution < -0.4 is 0 Å². The Hall–Kier alpha value is -1.77. The molecule has 66 valence electrons. The molecule has 3 nitrogen and oxygen atoms in total. The third kappa shape index (κ3) is 1.40. The number of nitrogens with one attached hydrogen (secondary N) is 1. The van der Waals surface area contributed by atoms with E-state index in [-0.39, 0.29) is 17.1 Å². The van der Waals surface area contributed by atoms with Crippen molar-refractivity contribution in [2.24, 2.45) is 5.92 Å². The van der Waals surface area contributed by atoms with Crippen LogP contribution in [0, 0.1) is 11.3 Å². The first-order valence-corrected chi connectivity index (χ1v) is 3.75. The Morgan fingerprint density at radius 2 is 2.00 bits per heavy atom. The van der Waals surface area contributed by atoms with E-state index in [0.29, 0.717) is 0 Å². The fraction of sp³-hybridized carbons (Fsp3) is 0.100. The van der Waals surface area contributed by atoms with E-state index in [9.17, 15) is 9.59 Å². The minimum atomic E-state index is -0.800. The standard InChI is InChI=1S/C10H9NO2/c1-3-6-5-8(12)9(11)7(4-2)10(6)13/h3-5,7,11H,1-2H2. The Kier molecular flexibility index (Phi) is 2.37. The molecule has 1 atom stereocenters. The lowest BCUT2D eigenvalue weighted by atomic mass is 9.85. The molecule has 1 aliphatic rings. The highest BCUT2D eigenvalue weighted by Crippen LogP contribution is 2.17. The maximum atomic E-state index is 11.4. The quantitative estimate of drug-likeness (QED) is 0.638. The fourth-order valence-electron chi connectivity index (χ4n) is 1.14. The van der Waals surface area contributed by atoms with Crippen LogP contribution in [0.4, 0.5) is 0 Å². The van der Waals surface area contributed by atoms with Gasteiger partial charge in [0.1, 0.15) is 0 Å². The van der Waals surface area contributed by atoms with Gasteiger partial charge in [-0.2, -0.15) is 0 Å². The van der Waals surface area contributed by atoms with Crippen molar-refractivity contribution in [1.82, 2.24) is 0 Å². The van der Waals surface area contributed by atoms with Crippen molar-refractivity contribution in [3.8, 4) is 0 Å². The molecule has 0 bridgehead atoms. The summed E-state index contributed by atoms with van der Waals surface area (Å²) in [5, 5.41) is 7.33. The lowest BCUT2D eigenvalue weighted by Crippen LogP contribution is -2.32. The predicted octanol–water partition coefficient (Wildman–Crippen LogP) is 1.07. The lowest BCUT2D eigenvalue weighted by molar-refractivity contribution is -0.118. The van der Waals surface area contributed by atoms with Crippen molar-refractivity contribution in [2.75, 3.05) is 0 Å². The van der Waals surface area contributed by atoms with Gasteiger partial charge in [0, 0.05) is 5.57 Å². The van der Waals surface area contributed by atoms with Gasteiger partial charge in [0.25, 0.3) is 0 Å². The van der Waals surface area contributed by atoms with Gasteiger partial charge in [-0.05, 0) is 6.08 Å². The molecule has 3 heteroatoms. The summed E-state index contributed by atoms with van der Waals surface area (Å²) in [5.74, 6) is -1.53. The van der Waals surface area contributed by atoms with Crippen LogP contribution in [0.3, 0.4) is 0 Å². The second-order valence-electron chi connectivity index (χ2n) is 2.66. The maximum Gasteiger partial charge on any atom is 0.201 e. The molecule has 13 heavy (non-hydrogen) atoms. The molecular weight excluding hydrogens is 166 g/mol. The van der Waals surface area contributed by atoms with Crippen molar-refractivity contribution in [1.29, 1.82) is 5.41 Å². The summed E-state index contributed by atoms with van der Waals surface area (Å²) in [6, 6.07) is 0. The van der Waals surface area contributed by atoms with Gasteiger partial charge in [0.15, 0.2) is 5.78 Å². The average molecular weight is 175 g/mol. The average Bonchev–Trinajstić information content (AvgIpc) is 2.12. The number of hydrogen-bond acceptors (Lipinski definition) is 3. The molecule has 0 fully saturated rings. The third-order valence-electron chi connectivity index (χ3n) is 1.89. The molecule has 0 spiro atoms. The monoisotopic (exact) mass is 175 g/mol. The van der Waals surface area contributed by atoms with E-state index in [1.165, 1.54) is 12.2 Å².